The van der Waals surface area contributed by atoms with Gasteiger partial charge >= 0.3 is 37.7 Å². The first-order valence-electron chi connectivity index (χ1n) is 7.42. The molecule has 136 valence electrons. The molecule has 0 spiro atoms. The molecule has 2 aromatic rings. The summed E-state index contributed by atoms with van der Waals surface area (Å²) in [5.41, 5.74) is 5.02. The van der Waals surface area contributed by atoms with Gasteiger partial charge in [-0.1, -0.05) is 77.9 Å². The molecule has 0 fully saturated rings. The molecule has 0 radical (unpaired) electrons. The van der Waals surface area contributed by atoms with Gasteiger partial charge in [0.2, 0.25) is 0 Å². The Morgan fingerprint density at radius 2 is 1.21 bits per heavy atom. The van der Waals surface area contributed by atoms with Gasteiger partial charge in [0.1, 0.15) is 0 Å². The third-order valence-corrected chi connectivity index (χ3v) is 5.63. The fraction of sp³-hybridized carbons (Fsp3) is 0.167. The molecule has 0 aliphatic carbocycles. The van der Waals surface area contributed by atoms with Crippen LogP contribution in [-0.2, 0) is 59.6 Å². The molecule has 0 aliphatic rings. The molecule has 0 aliphatic heterocycles. The van der Waals surface area contributed by atoms with Crippen LogP contribution in [0.1, 0.15) is 22.3 Å². The van der Waals surface area contributed by atoms with E-state index in [1.54, 1.807) is 0 Å². The van der Waals surface area contributed by atoms with E-state index in [9.17, 15) is 0 Å². The second-order valence-corrected chi connectivity index (χ2v) is 8.87. The Balaban J connectivity index is -0.000000388. The Bertz CT molecular complexity index is 683. The van der Waals surface area contributed by atoms with Crippen LogP contribution in [0.2, 0.25) is 0 Å². The maximum absolute atomic E-state index is 4.89. The molecule has 2 aromatic carbocycles. The summed E-state index contributed by atoms with van der Waals surface area (Å²) in [5.74, 6) is 0. The molecule has 0 atom stereocenters. The summed E-state index contributed by atoms with van der Waals surface area (Å²) in [6.45, 7) is 3.68. The summed E-state index contributed by atoms with van der Waals surface area (Å²) in [7, 11) is 6.14. The first-order valence-corrected chi connectivity index (χ1v) is 15.2. The molecule has 0 aromatic heterocycles. The number of hydrogen-bond donors (Lipinski definition) is 0. The van der Waals surface area contributed by atoms with Crippen molar-refractivity contribution in [2.45, 2.75) is 12.3 Å². The summed E-state index contributed by atoms with van der Waals surface area (Å²) in [4.78, 5) is 0. The van der Waals surface area contributed by atoms with Crippen molar-refractivity contribution in [3.05, 3.63) is 83.8 Å². The van der Waals surface area contributed by atoms with Crippen LogP contribution in [0.4, 0.5) is 0 Å². The second-order valence-electron chi connectivity index (χ2n) is 4.78. The quantitative estimate of drug-likeness (QED) is 0.307. The van der Waals surface area contributed by atoms with E-state index in [0.717, 1.165) is 46.1 Å². The van der Waals surface area contributed by atoms with Crippen molar-refractivity contribution in [2.24, 2.45) is 0 Å². The van der Waals surface area contributed by atoms with Gasteiger partial charge < -0.3 is 19.8 Å². The Morgan fingerprint density at radius 3 is 1.57 bits per heavy atom. The van der Waals surface area contributed by atoms with Gasteiger partial charge in [-0.05, 0) is 39.4 Å². The van der Waals surface area contributed by atoms with E-state index in [-0.39, 0.29) is 37.7 Å². The smallest absolute Gasteiger partial charge is 0.645 e. The van der Waals surface area contributed by atoms with Crippen molar-refractivity contribution in [1.82, 2.24) is 0 Å². The summed E-state index contributed by atoms with van der Waals surface area (Å²) in [6, 6.07) is 16.8. The average Bonchev–Trinajstić information content (AvgIpc) is 2.71. The van der Waals surface area contributed by atoms with Gasteiger partial charge in [0.25, 0.3) is 0 Å². The monoisotopic (exact) mass is 500 g/mol. The maximum atomic E-state index is 4.89. The normalized spacial score (nSPS) is 8.86. The first-order chi connectivity index (χ1) is 12.7. The van der Waals surface area contributed by atoms with Gasteiger partial charge in [0, 0.05) is 12.3 Å². The van der Waals surface area contributed by atoms with Crippen LogP contribution >= 0.6 is 30.1 Å². The molecule has 0 amide bonds. The minimum Gasteiger partial charge on any atom is -0.645 e. The summed E-state index contributed by atoms with van der Waals surface area (Å²) in [5, 5.41) is 0. The minimum absolute atomic E-state index is 0. The van der Waals surface area contributed by atoms with Crippen molar-refractivity contribution < 1.29 is 37.7 Å². The van der Waals surface area contributed by atoms with Crippen molar-refractivity contribution >= 4 is 83.4 Å². The first kappa shape index (κ1) is 33.9. The number of benzene rings is 2. The third-order valence-electron chi connectivity index (χ3n) is 3.09. The molecular formula is C18H18Li2P4S4. The molecule has 0 saturated heterocycles. The maximum Gasteiger partial charge on any atom is 1.00 e. The molecule has 0 bridgehead atoms. The van der Waals surface area contributed by atoms with Crippen molar-refractivity contribution in [1.29, 1.82) is 0 Å². The largest absolute Gasteiger partial charge is 1.00 e. The Kier molecular flexibility index (Phi) is 29.8. The fourth-order valence-electron chi connectivity index (χ4n) is 1.81. The topological polar surface area (TPSA) is 0 Å². The molecule has 0 unspecified atom stereocenters. The van der Waals surface area contributed by atoms with Crippen LogP contribution in [0.5, 0.6) is 0 Å². The van der Waals surface area contributed by atoms with Crippen LogP contribution < -0.4 is 37.7 Å². The van der Waals surface area contributed by atoms with Gasteiger partial charge in [-0.2, -0.15) is 24.1 Å². The molecule has 10 heteroatoms. The van der Waals surface area contributed by atoms with Gasteiger partial charge in [0.15, 0.2) is 0 Å². The predicted molar refractivity (Wildman–Crippen MR) is 136 cm³/mol. The van der Waals surface area contributed by atoms with Crippen molar-refractivity contribution in [2.75, 3.05) is 6.16 Å². The molecule has 28 heavy (non-hydrogen) atoms. The third kappa shape index (κ3) is 17.1. The molecule has 0 nitrogen and oxygen atoms in total. The molecule has 0 N–H and O–H groups in total. The van der Waals surface area contributed by atoms with E-state index in [2.05, 4.69) is 81.4 Å². The minimum atomic E-state index is 0. The molecule has 0 saturated carbocycles. The van der Waals surface area contributed by atoms with Crippen molar-refractivity contribution in [3.8, 4) is 0 Å². The van der Waals surface area contributed by atoms with Crippen LogP contribution in [0.15, 0.2) is 55.1 Å². The van der Waals surface area contributed by atoms with Crippen LogP contribution in [0, 0.1) is 6.42 Å². The van der Waals surface area contributed by atoms with Gasteiger partial charge in [-0.25, -0.2) is 0 Å². The average molecular weight is 500 g/mol. The number of rotatable bonds is 8. The zero-order chi connectivity index (χ0) is 19.6. The van der Waals surface area contributed by atoms with E-state index in [4.69, 9.17) is 35.4 Å². The predicted octanol–water partition coefficient (Wildman–Crippen LogP) is 1.66. The van der Waals surface area contributed by atoms with Crippen LogP contribution in [-0.4, -0.2) is 6.16 Å². The van der Waals surface area contributed by atoms with Gasteiger partial charge in [-0.15, -0.1) is 12.1 Å². The fourth-order valence-corrected chi connectivity index (χ4v) is 3.93. The number of hydrogen-bond acceptors (Lipinski definition) is 4. The van der Waals surface area contributed by atoms with E-state index >= 15 is 0 Å². The van der Waals surface area contributed by atoms with Crippen molar-refractivity contribution in [3.63, 3.8) is 0 Å². The Hall–Kier alpha value is 1.32. The SMILES string of the molecule is C=Cc1ccc(CP=S)cc1.S=PC[CH-]c1ccc(CP=S)cc1.[Li+].[Li+].[P-]=S. The summed E-state index contributed by atoms with van der Waals surface area (Å²) < 4.78 is 0. The Morgan fingerprint density at radius 1 is 0.786 bits per heavy atom. The molecule has 0 heterocycles. The molecule has 2 rings (SSSR count). The summed E-state index contributed by atoms with van der Waals surface area (Å²) >= 11 is 18.4. The standard InChI is InChI=1S/C9H9P2S2.C9H9PS.2Li.PS/c12-10-6-5-8-1-3-9(4-2-8)7-11-13;1-2-8-3-5-9(6-4-8)7-10-11;;;1-2/h1-5H,6-7H2;2-6H,1,7H2;;;/q-1;;2*+1;-1. The van der Waals surface area contributed by atoms with Gasteiger partial charge in [-0.3, -0.25) is 0 Å². The summed E-state index contributed by atoms with van der Waals surface area (Å²) in [6.07, 6.45) is 6.88. The second kappa shape index (κ2) is 24.6. The van der Waals surface area contributed by atoms with E-state index < -0.39 is 0 Å². The van der Waals surface area contributed by atoms with E-state index in [0.29, 0.717) is 0 Å². The zero-order valence-electron chi connectivity index (χ0n) is 16.0. The van der Waals surface area contributed by atoms with E-state index in [1.807, 2.05) is 6.08 Å². The zero-order valence-corrected chi connectivity index (χ0v) is 22.9. The van der Waals surface area contributed by atoms with Gasteiger partial charge in [0.05, 0.1) is 0 Å². The van der Waals surface area contributed by atoms with Crippen LogP contribution in [0.25, 0.3) is 6.08 Å². The van der Waals surface area contributed by atoms with Crippen LogP contribution in [0.3, 0.4) is 0 Å². The van der Waals surface area contributed by atoms with E-state index in [1.165, 1.54) is 16.7 Å². The molecular weight excluding hydrogens is 482 g/mol. The Labute approximate surface area is 221 Å².